The summed E-state index contributed by atoms with van der Waals surface area (Å²) in [6.45, 7) is 2.33. The van der Waals surface area contributed by atoms with Crippen LogP contribution in [-0.4, -0.2) is 136 Å². The van der Waals surface area contributed by atoms with Gasteiger partial charge in [-0.3, -0.25) is 15.0 Å². The zero-order valence-corrected chi connectivity index (χ0v) is 51.2. The van der Waals surface area contributed by atoms with Crippen molar-refractivity contribution in [1.29, 1.82) is 0 Å². The molecule has 0 bridgehead atoms. The molecule has 462 valence electrons. The van der Waals surface area contributed by atoms with Crippen molar-refractivity contribution in [1.82, 2.24) is 92.7 Å². The minimum absolute atomic E-state index is 0.0510. The lowest BCUT2D eigenvalue weighted by Gasteiger charge is -2.23. The predicted molar refractivity (Wildman–Crippen MR) is 357 cm³/mol. The molecule has 0 radical (unpaired) electrons. The standard InChI is InChI=1S/C23H22N8O.C18H12ClN7.C12H10N4.C6H3Cl2N3.C5H11NO/c32-14-16-5-3-11-30(16)23-27-22(20-9-4-12-31(20)28-23)26-21-13-29(15-25-21)19-8-1-7-18-17(19)6-2-10-24-18;19-18-23-17(15-7-3-9-26(15)24-18)22-16-10-25(11-21-16)14-6-1-5-13-12(14)4-2-8-20-13;13-12-7-16(8-15-12)11-5-1-4-10-9(11)3-2-6-14-10;7-5-4-2-1-3-11(4)10-6(8)9-5;7-4-5-2-1-3-6-5/h1-2,4,6-10,12-13,15-16,32H,3,5,11,14H2,(H,26,27,28);1-11H,(H,22,23,24);1-8H,13H2;1-3H;5-7H,1-4H2/t16-;;;;5-/m0...0/s1. The molecule has 2 fully saturated rings. The molecule has 12 aromatic heterocycles. The molecule has 15 aromatic rings. The minimum Gasteiger partial charge on any atom is -0.395 e. The number of nitrogens with zero attached hydrogens (tertiary/aromatic N) is 19. The Labute approximate surface area is 539 Å². The number of hydrogen-bond acceptors (Lipinski definition) is 19. The van der Waals surface area contributed by atoms with E-state index < -0.39 is 0 Å². The molecule has 25 nitrogen and oxygen atoms in total. The van der Waals surface area contributed by atoms with E-state index in [0.717, 1.165) is 98.7 Å². The summed E-state index contributed by atoms with van der Waals surface area (Å²) in [6, 6.07) is 41.7. The number of aliphatic hydroxyl groups is 2. The molecule has 0 spiro atoms. The van der Waals surface area contributed by atoms with Gasteiger partial charge in [0, 0.05) is 65.9 Å². The number of imidazole rings is 3. The normalized spacial score (nSPS) is 14.4. The van der Waals surface area contributed by atoms with E-state index in [0.29, 0.717) is 52.8 Å². The fourth-order valence-electron chi connectivity index (χ4n) is 10.9. The van der Waals surface area contributed by atoms with Gasteiger partial charge in [-0.25, -0.2) is 33.5 Å². The molecular weight excluding hydrogens is 1230 g/mol. The number of nitrogens with two attached hydrogens (primary N) is 1. The van der Waals surface area contributed by atoms with E-state index in [9.17, 15) is 5.11 Å². The molecule has 0 unspecified atom stereocenters. The summed E-state index contributed by atoms with van der Waals surface area (Å²) in [4.78, 5) is 41.1. The van der Waals surface area contributed by atoms with Crippen molar-refractivity contribution < 1.29 is 10.2 Å². The topological polar surface area (TPSA) is 289 Å². The quantitative estimate of drug-likeness (QED) is 0.0742. The summed E-state index contributed by atoms with van der Waals surface area (Å²) < 4.78 is 10.9. The third-order valence-electron chi connectivity index (χ3n) is 15.3. The number of nitrogens with one attached hydrogen (secondary N) is 3. The fourth-order valence-corrected chi connectivity index (χ4v) is 11.5. The van der Waals surface area contributed by atoms with Crippen LogP contribution in [0.4, 0.5) is 35.0 Å². The third kappa shape index (κ3) is 13.4. The Morgan fingerprint density at radius 3 is 1.50 bits per heavy atom. The number of aliphatic hydroxyl groups excluding tert-OH is 2. The van der Waals surface area contributed by atoms with Crippen LogP contribution in [0.5, 0.6) is 0 Å². The van der Waals surface area contributed by atoms with Crippen LogP contribution in [0, 0.1) is 0 Å². The molecule has 14 heterocycles. The third-order valence-corrected chi connectivity index (χ3v) is 15.9. The summed E-state index contributed by atoms with van der Waals surface area (Å²) in [5.41, 5.74) is 13.9. The lowest BCUT2D eigenvalue weighted by molar-refractivity contribution is 0.255. The number of aromatic nitrogens is 18. The number of benzene rings is 3. The van der Waals surface area contributed by atoms with Crippen molar-refractivity contribution in [2.45, 2.75) is 37.8 Å². The minimum atomic E-state index is 0.0510. The molecule has 0 aliphatic carbocycles. The van der Waals surface area contributed by atoms with Crippen LogP contribution in [0.2, 0.25) is 15.7 Å². The van der Waals surface area contributed by atoms with E-state index in [1.807, 2.05) is 164 Å². The Kier molecular flexibility index (Phi) is 18.1. The fraction of sp³-hybridized carbons (Fsp3) is 0.156. The maximum absolute atomic E-state index is 9.72. The molecule has 2 aliphatic heterocycles. The van der Waals surface area contributed by atoms with Gasteiger partial charge < -0.3 is 50.5 Å². The molecule has 7 N–H and O–H groups in total. The van der Waals surface area contributed by atoms with E-state index in [4.69, 9.17) is 50.6 Å². The average Bonchev–Trinajstić information content (AvgIpc) is 1.72. The van der Waals surface area contributed by atoms with E-state index in [1.165, 1.54) is 6.42 Å². The van der Waals surface area contributed by atoms with Crippen molar-refractivity contribution in [2.24, 2.45) is 0 Å². The van der Waals surface area contributed by atoms with Crippen molar-refractivity contribution in [3.63, 3.8) is 0 Å². The Hall–Kier alpha value is -10.7. The first-order valence-electron chi connectivity index (χ1n) is 29.3. The van der Waals surface area contributed by atoms with Gasteiger partial charge >= 0.3 is 0 Å². The highest BCUT2D eigenvalue weighted by Crippen LogP contribution is 2.30. The van der Waals surface area contributed by atoms with Crippen LogP contribution < -0.4 is 26.6 Å². The monoisotopic (exact) mass is 1290 g/mol. The van der Waals surface area contributed by atoms with Crippen molar-refractivity contribution >= 4 is 119 Å². The highest BCUT2D eigenvalue weighted by Gasteiger charge is 2.27. The molecule has 17 rings (SSSR count). The SMILES string of the molecule is Clc1nc(Cl)c2cccn2n1.Clc1nc(Nc2cn(-c3cccc4ncccc34)cn2)c2cccn2n1.Nc1cn(-c2cccc3ncccc23)cn1.OC[C@@H]1CCCN1.OC[C@@H]1CCCN1c1nc(Nc2cn(-c3cccc4ncccc34)cn2)c2cccn2n1. The highest BCUT2D eigenvalue weighted by atomic mass is 35.5. The zero-order valence-electron chi connectivity index (χ0n) is 49.0. The summed E-state index contributed by atoms with van der Waals surface area (Å²) in [6.07, 6.45) is 26.1. The molecule has 28 heteroatoms. The van der Waals surface area contributed by atoms with E-state index in [-0.39, 0.29) is 23.2 Å². The smallest absolute Gasteiger partial charge is 0.245 e. The number of rotatable bonds is 10. The summed E-state index contributed by atoms with van der Waals surface area (Å²) in [5.74, 6) is 3.73. The Morgan fingerprint density at radius 2 is 1.00 bits per heavy atom. The zero-order chi connectivity index (χ0) is 62.9. The number of nitrogen functional groups attached to an aromatic ring is 1. The Bertz CT molecular complexity index is 4980. The van der Waals surface area contributed by atoms with Gasteiger partial charge in [-0.1, -0.05) is 29.8 Å². The van der Waals surface area contributed by atoms with Gasteiger partial charge in [-0.15, -0.1) is 15.3 Å². The molecule has 0 amide bonds. The maximum atomic E-state index is 9.72. The number of hydrogen-bond donors (Lipinski definition) is 6. The van der Waals surface area contributed by atoms with Crippen LogP contribution in [0.3, 0.4) is 0 Å². The van der Waals surface area contributed by atoms with E-state index in [1.54, 1.807) is 59.0 Å². The van der Waals surface area contributed by atoms with Gasteiger partial charge in [0.1, 0.15) is 53.0 Å². The molecule has 3 aromatic carbocycles. The summed E-state index contributed by atoms with van der Waals surface area (Å²) in [5, 5.41) is 44.5. The van der Waals surface area contributed by atoms with E-state index >= 15 is 0 Å². The number of fused-ring (bicyclic) bond motifs is 6. The average molecular weight is 1290 g/mol. The van der Waals surface area contributed by atoms with Gasteiger partial charge in [0.25, 0.3) is 0 Å². The van der Waals surface area contributed by atoms with Crippen molar-refractivity contribution in [3.05, 3.63) is 218 Å². The Morgan fingerprint density at radius 1 is 0.500 bits per heavy atom. The van der Waals surface area contributed by atoms with Gasteiger partial charge in [-0.2, -0.15) is 9.97 Å². The molecule has 2 atom stereocenters. The van der Waals surface area contributed by atoms with Gasteiger partial charge in [0.15, 0.2) is 16.8 Å². The number of halogens is 3. The lowest BCUT2D eigenvalue weighted by atomic mass is 10.2. The highest BCUT2D eigenvalue weighted by molar-refractivity contribution is 6.34. The second kappa shape index (κ2) is 27.6. The van der Waals surface area contributed by atoms with Crippen LogP contribution >= 0.6 is 34.8 Å². The number of pyridine rings is 3. The van der Waals surface area contributed by atoms with E-state index in [2.05, 4.69) is 82.1 Å². The molecular formula is C64H58Cl3N23O2. The van der Waals surface area contributed by atoms with Crippen LogP contribution in [0.25, 0.3) is 66.3 Å². The summed E-state index contributed by atoms with van der Waals surface area (Å²) >= 11 is 17.3. The first-order chi connectivity index (χ1) is 45.1. The Balaban J connectivity index is 0.000000114. The lowest BCUT2D eigenvalue weighted by Crippen LogP contribution is -2.34. The van der Waals surface area contributed by atoms with Crippen molar-refractivity contribution in [3.8, 4) is 17.1 Å². The second-order valence-corrected chi connectivity index (χ2v) is 22.2. The van der Waals surface area contributed by atoms with Crippen molar-refractivity contribution in [2.75, 3.05) is 47.6 Å². The van der Waals surface area contributed by atoms with Gasteiger partial charge in [0.2, 0.25) is 16.5 Å². The van der Waals surface area contributed by atoms with Gasteiger partial charge in [-0.05, 0) is 165 Å². The maximum Gasteiger partial charge on any atom is 0.245 e. The van der Waals surface area contributed by atoms with Crippen LogP contribution in [0.1, 0.15) is 25.7 Å². The number of anilines is 6. The molecule has 2 saturated heterocycles. The van der Waals surface area contributed by atoms with Crippen LogP contribution in [0.15, 0.2) is 202 Å². The van der Waals surface area contributed by atoms with Crippen LogP contribution in [-0.2, 0) is 0 Å². The first-order valence-corrected chi connectivity index (χ1v) is 30.4. The predicted octanol–water partition coefficient (Wildman–Crippen LogP) is 10.8. The largest absolute Gasteiger partial charge is 0.395 e. The molecule has 0 saturated carbocycles. The molecule has 2 aliphatic rings. The summed E-state index contributed by atoms with van der Waals surface area (Å²) in [7, 11) is 0. The second-order valence-electron chi connectivity index (χ2n) is 21.2. The van der Waals surface area contributed by atoms with Gasteiger partial charge in [0.05, 0.1) is 71.5 Å². The molecule has 92 heavy (non-hydrogen) atoms. The first kappa shape index (κ1) is 60.3.